The first kappa shape index (κ1) is 59.3. The van der Waals surface area contributed by atoms with Crippen molar-refractivity contribution in [2.45, 2.75) is 232 Å². The largest absolute Gasteiger partial charge is 0.462 e. The molecule has 6 heteroatoms. The van der Waals surface area contributed by atoms with Gasteiger partial charge in [0.15, 0.2) is 6.10 Å². The highest BCUT2D eigenvalue weighted by molar-refractivity contribution is 5.71. The normalized spacial score (nSPS) is 12.9. The van der Waals surface area contributed by atoms with Gasteiger partial charge in [0, 0.05) is 19.3 Å². The first-order valence-electron chi connectivity index (χ1n) is 25.7. The van der Waals surface area contributed by atoms with Crippen molar-refractivity contribution in [1.82, 2.24) is 0 Å². The lowest BCUT2D eigenvalue weighted by Gasteiger charge is -2.18. The smallest absolute Gasteiger partial charge is 0.306 e. The summed E-state index contributed by atoms with van der Waals surface area (Å²) >= 11 is 0. The molecule has 6 nitrogen and oxygen atoms in total. The van der Waals surface area contributed by atoms with Crippen LogP contribution in [0, 0.1) is 0 Å². The maximum Gasteiger partial charge on any atom is 0.306 e. The molecule has 0 rings (SSSR count). The number of carbonyl (C=O) groups excluding carboxylic acids is 3. The van der Waals surface area contributed by atoms with Crippen molar-refractivity contribution in [3.05, 3.63) is 97.2 Å². The minimum absolute atomic E-state index is 0.104. The number of hydrogen-bond acceptors (Lipinski definition) is 6. The topological polar surface area (TPSA) is 78.9 Å². The summed E-state index contributed by atoms with van der Waals surface area (Å²) in [6, 6.07) is 0. The number of esters is 3. The summed E-state index contributed by atoms with van der Waals surface area (Å²) in [6.45, 7) is 6.37. The summed E-state index contributed by atoms with van der Waals surface area (Å²) in [5.74, 6) is -0.972. The predicted molar refractivity (Wildman–Crippen MR) is 270 cm³/mol. The molecule has 0 bridgehead atoms. The van der Waals surface area contributed by atoms with Gasteiger partial charge in [-0.05, 0) is 116 Å². The van der Waals surface area contributed by atoms with Crippen LogP contribution in [0.25, 0.3) is 0 Å². The highest BCUT2D eigenvalue weighted by Gasteiger charge is 2.19. The van der Waals surface area contributed by atoms with Gasteiger partial charge in [-0.2, -0.15) is 0 Å². The number of ether oxygens (including phenoxy) is 3. The van der Waals surface area contributed by atoms with Gasteiger partial charge in [0.25, 0.3) is 0 Å². The third kappa shape index (κ3) is 49.2. The van der Waals surface area contributed by atoms with E-state index in [1.165, 1.54) is 57.8 Å². The van der Waals surface area contributed by atoms with Gasteiger partial charge in [0.05, 0.1) is 0 Å². The van der Waals surface area contributed by atoms with Crippen molar-refractivity contribution < 1.29 is 28.6 Å². The minimum Gasteiger partial charge on any atom is -0.462 e. The van der Waals surface area contributed by atoms with Gasteiger partial charge in [0.2, 0.25) is 0 Å². The van der Waals surface area contributed by atoms with Gasteiger partial charge < -0.3 is 14.2 Å². The van der Waals surface area contributed by atoms with Crippen LogP contribution in [0.3, 0.4) is 0 Å². The van der Waals surface area contributed by atoms with E-state index in [2.05, 4.69) is 118 Å². The molecule has 0 spiro atoms. The highest BCUT2D eigenvalue weighted by atomic mass is 16.6. The van der Waals surface area contributed by atoms with Crippen LogP contribution < -0.4 is 0 Å². The summed E-state index contributed by atoms with van der Waals surface area (Å²) < 4.78 is 16.7. The van der Waals surface area contributed by atoms with Gasteiger partial charge in [-0.1, -0.05) is 189 Å². The van der Waals surface area contributed by atoms with E-state index in [4.69, 9.17) is 14.2 Å². The fourth-order valence-corrected chi connectivity index (χ4v) is 6.68. The molecule has 0 saturated carbocycles. The standard InChI is InChI=1S/C57H94O6/c1-4-7-10-13-16-19-22-25-27-28-30-32-35-38-41-44-47-50-56(59)62-53-54(52-61-55(58)49-46-43-40-37-34-31-24-21-18-15-12-9-6-3)63-57(60)51-48-45-42-39-36-33-29-26-23-20-17-14-11-8-5-2/h8,11-12,15-17,19-21,24-27,29,36,39,54H,4-7,9-10,13-14,18,22-23,28,30-35,37-38,40-53H2,1-3H3/b11-8-,15-12-,19-16-,20-17-,24-21-,27-25-,29-26-,39-36-. The summed E-state index contributed by atoms with van der Waals surface area (Å²) in [5, 5.41) is 0. The van der Waals surface area contributed by atoms with Gasteiger partial charge in [0.1, 0.15) is 13.2 Å². The van der Waals surface area contributed by atoms with Crippen LogP contribution in [-0.4, -0.2) is 37.2 Å². The van der Waals surface area contributed by atoms with Crippen LogP contribution in [0.1, 0.15) is 226 Å². The number of carbonyl (C=O) groups is 3. The second kappa shape index (κ2) is 51.0. The van der Waals surface area contributed by atoms with E-state index in [0.717, 1.165) is 122 Å². The van der Waals surface area contributed by atoms with E-state index < -0.39 is 6.10 Å². The Hall–Kier alpha value is -3.67. The number of allylic oxidation sites excluding steroid dienone is 16. The molecule has 0 aliphatic rings. The van der Waals surface area contributed by atoms with E-state index in [9.17, 15) is 14.4 Å². The molecule has 0 aromatic rings. The maximum atomic E-state index is 12.8. The van der Waals surface area contributed by atoms with Crippen molar-refractivity contribution in [2.24, 2.45) is 0 Å². The molecule has 0 amide bonds. The Balaban J connectivity index is 4.48. The summed E-state index contributed by atoms with van der Waals surface area (Å²) in [6.07, 6.45) is 66.7. The zero-order chi connectivity index (χ0) is 45.8. The lowest BCUT2D eigenvalue weighted by molar-refractivity contribution is -0.167. The molecular weight excluding hydrogens is 781 g/mol. The van der Waals surface area contributed by atoms with E-state index in [1.807, 2.05) is 0 Å². The Morgan fingerprint density at radius 2 is 0.651 bits per heavy atom. The molecule has 1 unspecified atom stereocenters. The van der Waals surface area contributed by atoms with Crippen LogP contribution in [0.15, 0.2) is 97.2 Å². The molecule has 0 fully saturated rings. The van der Waals surface area contributed by atoms with E-state index in [0.29, 0.717) is 19.3 Å². The lowest BCUT2D eigenvalue weighted by Crippen LogP contribution is -2.30. The molecule has 0 radical (unpaired) electrons. The monoisotopic (exact) mass is 875 g/mol. The Labute approximate surface area is 387 Å². The zero-order valence-corrected chi connectivity index (χ0v) is 40.8. The average Bonchev–Trinajstić information content (AvgIpc) is 3.28. The molecule has 0 aromatic carbocycles. The van der Waals surface area contributed by atoms with Crippen molar-refractivity contribution in [3.63, 3.8) is 0 Å². The summed E-state index contributed by atoms with van der Waals surface area (Å²) in [7, 11) is 0. The van der Waals surface area contributed by atoms with E-state index in [-0.39, 0.29) is 37.5 Å². The molecule has 0 aliphatic heterocycles. The molecule has 0 saturated heterocycles. The highest BCUT2D eigenvalue weighted by Crippen LogP contribution is 2.13. The molecule has 0 heterocycles. The zero-order valence-electron chi connectivity index (χ0n) is 40.8. The molecular formula is C57H94O6. The Kier molecular flexibility index (Phi) is 48.0. The molecule has 1 atom stereocenters. The molecule has 358 valence electrons. The predicted octanol–water partition coefficient (Wildman–Crippen LogP) is 17.0. The number of unbranched alkanes of at least 4 members (excludes halogenated alkanes) is 18. The molecule has 0 aromatic heterocycles. The van der Waals surface area contributed by atoms with Crippen LogP contribution in [0.5, 0.6) is 0 Å². The second-order valence-electron chi connectivity index (χ2n) is 16.7. The number of hydrogen-bond donors (Lipinski definition) is 0. The molecule has 0 N–H and O–H groups in total. The molecule has 0 aliphatic carbocycles. The Morgan fingerprint density at radius 3 is 1.06 bits per heavy atom. The lowest BCUT2D eigenvalue weighted by atomic mass is 10.1. The van der Waals surface area contributed by atoms with Crippen LogP contribution >= 0.6 is 0 Å². The average molecular weight is 875 g/mol. The van der Waals surface area contributed by atoms with Crippen molar-refractivity contribution >= 4 is 17.9 Å². The van der Waals surface area contributed by atoms with Crippen LogP contribution in [-0.2, 0) is 28.6 Å². The summed E-state index contributed by atoms with van der Waals surface area (Å²) in [5.41, 5.74) is 0. The number of rotatable bonds is 45. The van der Waals surface area contributed by atoms with Crippen LogP contribution in [0.4, 0.5) is 0 Å². The maximum absolute atomic E-state index is 12.8. The first-order chi connectivity index (χ1) is 31.0. The van der Waals surface area contributed by atoms with E-state index in [1.54, 1.807) is 0 Å². The Bertz CT molecular complexity index is 1280. The fraction of sp³-hybridized carbons (Fsp3) is 0.667. The van der Waals surface area contributed by atoms with Gasteiger partial charge in [-0.15, -0.1) is 0 Å². The van der Waals surface area contributed by atoms with E-state index >= 15 is 0 Å². The quantitative estimate of drug-likeness (QED) is 0.0262. The van der Waals surface area contributed by atoms with Crippen molar-refractivity contribution in [2.75, 3.05) is 13.2 Å². The Morgan fingerprint density at radius 1 is 0.333 bits per heavy atom. The summed E-state index contributed by atoms with van der Waals surface area (Å²) in [4.78, 5) is 38.0. The first-order valence-corrected chi connectivity index (χ1v) is 25.7. The van der Waals surface area contributed by atoms with Gasteiger partial charge in [-0.3, -0.25) is 14.4 Å². The third-order valence-corrected chi connectivity index (χ3v) is 10.5. The van der Waals surface area contributed by atoms with Crippen molar-refractivity contribution in [3.8, 4) is 0 Å². The van der Waals surface area contributed by atoms with Gasteiger partial charge >= 0.3 is 17.9 Å². The van der Waals surface area contributed by atoms with Crippen molar-refractivity contribution in [1.29, 1.82) is 0 Å². The SMILES string of the molecule is CC/C=C\C/C=C\C/C=C\C/C=C\CCCCC(=O)OC(COC(=O)CCCCCCC/C=C\C/C=C\CCC)COC(=O)CCCCCCCCC/C=C\C/C=C\CCCCC. The molecule has 63 heavy (non-hydrogen) atoms. The van der Waals surface area contributed by atoms with Gasteiger partial charge in [-0.25, -0.2) is 0 Å². The minimum atomic E-state index is -0.809. The third-order valence-electron chi connectivity index (χ3n) is 10.5. The fourth-order valence-electron chi connectivity index (χ4n) is 6.68. The second-order valence-corrected chi connectivity index (χ2v) is 16.7. The van der Waals surface area contributed by atoms with Crippen LogP contribution in [0.2, 0.25) is 0 Å².